The van der Waals surface area contributed by atoms with Crippen LogP contribution in [0.4, 0.5) is 0 Å². The standard InChI is InChI=1S/C27H30O6/c1-17(11-13-24-27(2,3)33-24)10-12-19-22(31-16-30-4)15-23-25(26(19)29)20(28)14-21(32-23)18-8-6-5-7-9-18/h5-10,14-15,24,29H,11-13,16H2,1-4H3/b17-10-/t24-/m1/s1. The summed E-state index contributed by atoms with van der Waals surface area (Å²) in [5.74, 6) is 0.729. The number of phenolic OH excluding ortho intramolecular Hbond substituents is 1. The van der Waals surface area contributed by atoms with E-state index in [4.69, 9.17) is 18.6 Å². The molecule has 1 aromatic heterocycles. The molecule has 0 spiro atoms. The molecule has 1 atom stereocenters. The van der Waals surface area contributed by atoms with Gasteiger partial charge in [-0.05, 0) is 40.0 Å². The lowest BCUT2D eigenvalue weighted by atomic mass is 10.00. The fourth-order valence-electron chi connectivity index (χ4n) is 3.99. The first kappa shape index (κ1) is 23.1. The van der Waals surface area contributed by atoms with Crippen LogP contribution >= 0.6 is 0 Å². The van der Waals surface area contributed by atoms with Crippen LogP contribution in [0.5, 0.6) is 11.5 Å². The predicted molar refractivity (Wildman–Crippen MR) is 128 cm³/mol. The lowest BCUT2D eigenvalue weighted by Crippen LogP contribution is -2.06. The Morgan fingerprint density at radius 3 is 2.61 bits per heavy atom. The maximum atomic E-state index is 12.9. The molecular weight excluding hydrogens is 420 g/mol. The number of ether oxygens (including phenoxy) is 3. The molecule has 1 N–H and O–H groups in total. The highest BCUT2D eigenvalue weighted by molar-refractivity contribution is 5.88. The van der Waals surface area contributed by atoms with Crippen LogP contribution < -0.4 is 10.2 Å². The molecule has 0 aliphatic carbocycles. The number of fused-ring (bicyclic) bond motifs is 1. The first-order valence-electron chi connectivity index (χ1n) is 11.1. The number of hydrogen-bond donors (Lipinski definition) is 1. The second-order valence-corrected chi connectivity index (χ2v) is 8.97. The van der Waals surface area contributed by atoms with Crippen molar-refractivity contribution in [3.8, 4) is 22.8 Å². The van der Waals surface area contributed by atoms with E-state index >= 15 is 0 Å². The molecule has 6 heteroatoms. The van der Waals surface area contributed by atoms with Gasteiger partial charge in [-0.1, -0.05) is 42.0 Å². The van der Waals surface area contributed by atoms with Crippen LogP contribution in [0.3, 0.4) is 0 Å². The average molecular weight is 451 g/mol. The first-order valence-corrected chi connectivity index (χ1v) is 11.1. The third-order valence-electron chi connectivity index (χ3n) is 6.07. The molecule has 0 radical (unpaired) electrons. The normalized spacial score (nSPS) is 17.3. The monoisotopic (exact) mass is 450 g/mol. The maximum Gasteiger partial charge on any atom is 0.197 e. The molecule has 0 unspecified atom stereocenters. The molecule has 0 saturated carbocycles. The van der Waals surface area contributed by atoms with Gasteiger partial charge in [0.2, 0.25) is 0 Å². The van der Waals surface area contributed by atoms with Gasteiger partial charge in [-0.25, -0.2) is 0 Å². The Labute approximate surface area is 193 Å². The summed E-state index contributed by atoms with van der Waals surface area (Å²) in [5.41, 5.74) is 2.43. The molecule has 1 aliphatic rings. The van der Waals surface area contributed by atoms with E-state index in [0.29, 0.717) is 29.6 Å². The molecule has 1 fully saturated rings. The summed E-state index contributed by atoms with van der Waals surface area (Å²) in [4.78, 5) is 12.9. The van der Waals surface area contributed by atoms with Crippen LogP contribution in [0.15, 0.2) is 63.3 Å². The summed E-state index contributed by atoms with van der Waals surface area (Å²) in [6.07, 6.45) is 4.62. The lowest BCUT2D eigenvalue weighted by molar-refractivity contribution is 0.0504. The van der Waals surface area contributed by atoms with Gasteiger partial charge < -0.3 is 23.7 Å². The van der Waals surface area contributed by atoms with Crippen LogP contribution in [-0.4, -0.2) is 30.7 Å². The quantitative estimate of drug-likeness (QED) is 0.260. The summed E-state index contributed by atoms with van der Waals surface area (Å²) in [6.45, 7) is 6.26. The second kappa shape index (κ2) is 9.41. The van der Waals surface area contributed by atoms with Gasteiger partial charge in [0, 0.05) is 30.4 Å². The van der Waals surface area contributed by atoms with Crippen molar-refractivity contribution in [2.45, 2.75) is 51.7 Å². The molecule has 1 aliphatic heterocycles. The van der Waals surface area contributed by atoms with Gasteiger partial charge in [0.25, 0.3) is 0 Å². The lowest BCUT2D eigenvalue weighted by Gasteiger charge is -2.14. The number of aromatic hydroxyl groups is 1. The SMILES string of the molecule is COCOc1cc2oc(-c3ccccc3)cc(=O)c2c(O)c1C/C=C(/C)CC[C@H]1OC1(C)C. The van der Waals surface area contributed by atoms with Crippen molar-refractivity contribution in [3.63, 3.8) is 0 Å². The highest BCUT2D eigenvalue weighted by Crippen LogP contribution is 2.40. The number of rotatable bonds is 9. The Bertz CT molecular complexity index is 1220. The minimum absolute atomic E-state index is 0.0113. The summed E-state index contributed by atoms with van der Waals surface area (Å²) in [7, 11) is 1.53. The van der Waals surface area contributed by atoms with Crippen LogP contribution in [0.2, 0.25) is 0 Å². The van der Waals surface area contributed by atoms with Crippen molar-refractivity contribution in [1.82, 2.24) is 0 Å². The van der Waals surface area contributed by atoms with Gasteiger partial charge in [0.1, 0.15) is 28.2 Å². The number of benzene rings is 2. The predicted octanol–water partition coefficient (Wildman–Crippen LogP) is 5.59. The number of methoxy groups -OCH3 is 1. The zero-order chi connectivity index (χ0) is 23.6. The molecule has 33 heavy (non-hydrogen) atoms. The molecule has 2 aromatic carbocycles. The largest absolute Gasteiger partial charge is 0.507 e. The van der Waals surface area contributed by atoms with E-state index in [1.165, 1.54) is 18.7 Å². The number of epoxide rings is 1. The van der Waals surface area contributed by atoms with E-state index < -0.39 is 0 Å². The summed E-state index contributed by atoms with van der Waals surface area (Å²) in [6, 6.07) is 12.4. The maximum absolute atomic E-state index is 12.9. The highest BCUT2D eigenvalue weighted by Gasteiger charge is 2.46. The average Bonchev–Trinajstić information content (AvgIpc) is 3.42. The minimum atomic E-state index is -0.305. The van der Waals surface area contributed by atoms with E-state index in [2.05, 4.69) is 26.8 Å². The zero-order valence-corrected chi connectivity index (χ0v) is 19.5. The van der Waals surface area contributed by atoms with Gasteiger partial charge in [-0.2, -0.15) is 0 Å². The smallest absolute Gasteiger partial charge is 0.197 e. The molecule has 3 aromatic rings. The molecule has 0 bridgehead atoms. The Morgan fingerprint density at radius 1 is 1.21 bits per heavy atom. The van der Waals surface area contributed by atoms with Crippen LogP contribution in [-0.2, 0) is 15.9 Å². The van der Waals surface area contributed by atoms with Crippen molar-refractivity contribution in [2.75, 3.05) is 13.9 Å². The molecule has 1 saturated heterocycles. The van der Waals surface area contributed by atoms with Crippen molar-refractivity contribution in [2.24, 2.45) is 0 Å². The van der Waals surface area contributed by atoms with E-state index in [1.807, 2.05) is 30.3 Å². The molecule has 6 nitrogen and oxygen atoms in total. The minimum Gasteiger partial charge on any atom is -0.507 e. The van der Waals surface area contributed by atoms with E-state index in [9.17, 15) is 9.90 Å². The topological polar surface area (TPSA) is 81.4 Å². The van der Waals surface area contributed by atoms with Gasteiger partial charge in [-0.15, -0.1) is 0 Å². The molecule has 174 valence electrons. The summed E-state index contributed by atoms with van der Waals surface area (Å²) < 4.78 is 22.4. The van der Waals surface area contributed by atoms with Crippen molar-refractivity contribution < 1.29 is 23.7 Å². The number of hydrogen-bond acceptors (Lipinski definition) is 6. The highest BCUT2D eigenvalue weighted by atomic mass is 16.7. The van der Waals surface area contributed by atoms with Crippen molar-refractivity contribution in [1.29, 1.82) is 0 Å². The third kappa shape index (κ3) is 5.13. The Balaban J connectivity index is 1.67. The van der Waals surface area contributed by atoms with Gasteiger partial charge in [0.15, 0.2) is 12.2 Å². The van der Waals surface area contributed by atoms with E-state index in [1.54, 1.807) is 6.07 Å². The van der Waals surface area contributed by atoms with E-state index in [-0.39, 0.29) is 34.5 Å². The first-order chi connectivity index (χ1) is 15.8. The van der Waals surface area contributed by atoms with Crippen LogP contribution in [0.1, 0.15) is 39.2 Å². The van der Waals surface area contributed by atoms with Crippen LogP contribution in [0, 0.1) is 0 Å². The van der Waals surface area contributed by atoms with E-state index in [0.717, 1.165) is 18.4 Å². The number of phenols is 1. The molecule has 0 amide bonds. The van der Waals surface area contributed by atoms with Gasteiger partial charge in [-0.3, -0.25) is 4.79 Å². The fraction of sp³-hybridized carbons (Fsp3) is 0.370. The van der Waals surface area contributed by atoms with Gasteiger partial charge >= 0.3 is 0 Å². The fourth-order valence-corrected chi connectivity index (χ4v) is 3.99. The second-order valence-electron chi connectivity index (χ2n) is 8.97. The summed E-state index contributed by atoms with van der Waals surface area (Å²) in [5, 5.41) is 11.2. The zero-order valence-electron chi connectivity index (χ0n) is 19.5. The summed E-state index contributed by atoms with van der Waals surface area (Å²) >= 11 is 0. The van der Waals surface area contributed by atoms with Crippen molar-refractivity contribution >= 4 is 11.0 Å². The Kier molecular flexibility index (Phi) is 6.58. The number of allylic oxidation sites excluding steroid dienone is 2. The van der Waals surface area contributed by atoms with Gasteiger partial charge in [0.05, 0.1) is 11.7 Å². The Hall–Kier alpha value is -3.09. The molecular formula is C27H30O6. The third-order valence-corrected chi connectivity index (χ3v) is 6.07. The molecule has 2 heterocycles. The Morgan fingerprint density at radius 2 is 1.94 bits per heavy atom. The molecule has 4 rings (SSSR count). The van der Waals surface area contributed by atoms with Crippen molar-refractivity contribution in [3.05, 3.63) is 69.9 Å². The van der Waals surface area contributed by atoms with Crippen LogP contribution in [0.25, 0.3) is 22.3 Å².